The topological polar surface area (TPSA) is 146 Å². The van der Waals surface area contributed by atoms with Gasteiger partial charge in [0.05, 0.1) is 10.6 Å². The first-order valence-electron chi connectivity index (χ1n) is 7.89. The number of alkyl halides is 3. The van der Waals surface area contributed by atoms with Gasteiger partial charge in [0.1, 0.15) is 11.4 Å². The predicted molar refractivity (Wildman–Crippen MR) is 94.1 cm³/mol. The Morgan fingerprint density at radius 2 is 1.97 bits per heavy atom. The summed E-state index contributed by atoms with van der Waals surface area (Å²) in [7, 11) is 1.53. The number of carbonyl (C=O) groups excluding carboxylic acids is 2. The van der Waals surface area contributed by atoms with Crippen LogP contribution in [0.1, 0.15) is 26.5 Å². The molecule has 3 rings (SSSR count). The van der Waals surface area contributed by atoms with Gasteiger partial charge in [-0.1, -0.05) is 16.8 Å². The molecule has 1 aliphatic rings. The molecule has 16 heteroatoms. The van der Waals surface area contributed by atoms with E-state index in [1.54, 1.807) is 0 Å². The molecule has 2 amide bonds. The van der Waals surface area contributed by atoms with E-state index >= 15 is 0 Å². The number of anilines is 1. The maximum Gasteiger partial charge on any atom is 0.573 e. The Hall–Kier alpha value is -3.59. The lowest BCUT2D eigenvalue weighted by atomic mass is 10.1. The number of aromatic nitrogens is 2. The first kappa shape index (κ1) is 21.1. The minimum Gasteiger partial charge on any atom is -0.404 e. The smallest absolute Gasteiger partial charge is 0.404 e. The van der Waals surface area contributed by atoms with Crippen LogP contribution in [0.3, 0.4) is 0 Å². The van der Waals surface area contributed by atoms with Gasteiger partial charge in [0, 0.05) is 7.05 Å². The van der Waals surface area contributed by atoms with E-state index in [2.05, 4.69) is 46.5 Å². The largest absolute Gasteiger partial charge is 0.573 e. The summed E-state index contributed by atoms with van der Waals surface area (Å²) in [5, 5.41) is 15.8. The summed E-state index contributed by atoms with van der Waals surface area (Å²) in [5.74, 6) is -2.58. The van der Waals surface area contributed by atoms with Gasteiger partial charge in [-0.15, -0.1) is 23.8 Å². The second-order valence-corrected chi connectivity index (χ2v) is 6.05. The van der Waals surface area contributed by atoms with E-state index in [0.29, 0.717) is 0 Å². The van der Waals surface area contributed by atoms with Gasteiger partial charge in [-0.2, -0.15) is 0 Å². The van der Waals surface area contributed by atoms with Crippen LogP contribution in [0, 0.1) is 6.92 Å². The number of nitrogens with one attached hydrogen (secondary N) is 4. The second kappa shape index (κ2) is 8.03. The molecule has 0 saturated carbocycles. The van der Waals surface area contributed by atoms with Gasteiger partial charge in [0.25, 0.3) is 11.8 Å². The molecule has 0 unspecified atom stereocenters. The van der Waals surface area contributed by atoms with Gasteiger partial charge in [-0.25, -0.2) is 10.2 Å². The van der Waals surface area contributed by atoms with E-state index in [1.165, 1.54) is 19.0 Å². The number of rotatable bonds is 4. The number of guanidine groups is 1. The molecule has 1 aromatic heterocycles. The molecule has 0 fully saturated rings. The molecule has 2 aromatic rings. The number of hydrazine groups is 2. The summed E-state index contributed by atoms with van der Waals surface area (Å²) >= 11 is 6.14. The average Bonchev–Trinajstić information content (AvgIpc) is 3.25. The van der Waals surface area contributed by atoms with Gasteiger partial charge in [0.15, 0.2) is 11.4 Å². The Morgan fingerprint density at radius 1 is 1.23 bits per heavy atom. The quantitative estimate of drug-likeness (QED) is 0.540. The first-order valence-corrected chi connectivity index (χ1v) is 8.27. The van der Waals surface area contributed by atoms with Gasteiger partial charge < -0.3 is 10.1 Å². The molecule has 12 nitrogen and oxygen atoms in total. The minimum atomic E-state index is -5.09. The molecule has 2 heterocycles. The second-order valence-electron chi connectivity index (χ2n) is 5.67. The van der Waals surface area contributed by atoms with Crippen molar-refractivity contribution in [3.05, 3.63) is 34.1 Å². The third kappa shape index (κ3) is 4.52. The third-order valence-electron chi connectivity index (χ3n) is 3.60. The number of aryl methyl sites for hydroxylation is 1. The van der Waals surface area contributed by atoms with Crippen LogP contribution < -0.4 is 26.4 Å². The fraction of sp³-hybridized carbons (Fsp3) is 0.214. The number of benzene rings is 1. The highest BCUT2D eigenvalue weighted by Crippen LogP contribution is 2.38. The highest BCUT2D eigenvalue weighted by atomic mass is 35.5. The van der Waals surface area contributed by atoms with Crippen LogP contribution >= 0.6 is 11.6 Å². The van der Waals surface area contributed by atoms with Crippen LogP contribution in [0.2, 0.25) is 5.02 Å². The molecule has 0 atom stereocenters. The summed E-state index contributed by atoms with van der Waals surface area (Å²) in [6, 6.07) is 1.82. The molecule has 30 heavy (non-hydrogen) atoms. The van der Waals surface area contributed by atoms with E-state index in [4.69, 9.17) is 11.6 Å². The van der Waals surface area contributed by atoms with Crippen LogP contribution in [0.25, 0.3) is 0 Å². The van der Waals surface area contributed by atoms with E-state index in [0.717, 1.165) is 12.1 Å². The first-order chi connectivity index (χ1) is 14.1. The van der Waals surface area contributed by atoms with E-state index in [9.17, 15) is 22.8 Å². The standard InChI is InChI=1S/C14H12ClF3N8O4/c1-5-9(23-30-22-5)12(28)19-10-7(29-14(16,17)18)4-3-6(8(10)15)11(27)20-13-21-24-25-26(13)2/h3-4,24-25H,1-2H3,(H,19,28)(H,20,21,27). The summed E-state index contributed by atoms with van der Waals surface area (Å²) < 4.78 is 46.6. The van der Waals surface area contributed by atoms with Gasteiger partial charge in [0.2, 0.25) is 5.96 Å². The van der Waals surface area contributed by atoms with Crippen molar-refractivity contribution in [2.45, 2.75) is 13.3 Å². The number of nitrogens with zero attached hydrogens (tertiary/aromatic N) is 4. The summed E-state index contributed by atoms with van der Waals surface area (Å²) in [6.45, 7) is 1.39. The van der Waals surface area contributed by atoms with Crippen molar-refractivity contribution >= 4 is 35.1 Å². The molecule has 0 radical (unpaired) electrons. The van der Waals surface area contributed by atoms with Crippen molar-refractivity contribution in [3.8, 4) is 5.75 Å². The lowest BCUT2D eigenvalue weighted by molar-refractivity contribution is -0.274. The molecule has 1 aromatic carbocycles. The van der Waals surface area contributed by atoms with Crippen molar-refractivity contribution < 1.29 is 32.1 Å². The van der Waals surface area contributed by atoms with Crippen LogP contribution in [0.15, 0.2) is 21.9 Å². The average molecular weight is 449 g/mol. The lowest BCUT2D eigenvalue weighted by Gasteiger charge is -2.17. The fourth-order valence-corrected chi connectivity index (χ4v) is 2.52. The number of hydrogen-bond donors (Lipinski definition) is 4. The van der Waals surface area contributed by atoms with Crippen LogP contribution in [-0.2, 0) is 0 Å². The highest BCUT2D eigenvalue weighted by Gasteiger charge is 2.34. The number of ether oxygens (including phenoxy) is 1. The molecule has 1 aliphatic heterocycles. The molecule has 4 N–H and O–H groups in total. The number of amides is 2. The number of carbonyl (C=O) groups is 2. The molecule has 160 valence electrons. The molecule has 0 bridgehead atoms. The number of hydrogen-bond acceptors (Lipinski definition) is 10. The molecule has 0 aliphatic carbocycles. The van der Waals surface area contributed by atoms with Crippen molar-refractivity contribution in [2.75, 3.05) is 12.4 Å². The maximum atomic E-state index is 12.8. The molecule has 0 spiro atoms. The Labute approximate surface area is 170 Å². The van der Waals surface area contributed by atoms with E-state index in [1.807, 2.05) is 0 Å². The Morgan fingerprint density at radius 3 is 2.53 bits per heavy atom. The van der Waals surface area contributed by atoms with Crippen LogP contribution in [-0.4, -0.2) is 46.5 Å². The maximum absolute atomic E-state index is 12.8. The van der Waals surface area contributed by atoms with Crippen LogP contribution in [0.5, 0.6) is 5.75 Å². The van der Waals surface area contributed by atoms with Gasteiger partial charge in [-0.05, 0) is 24.2 Å². The van der Waals surface area contributed by atoms with Gasteiger partial charge >= 0.3 is 6.36 Å². The minimum absolute atomic E-state index is 0.0570. The highest BCUT2D eigenvalue weighted by molar-refractivity contribution is 6.37. The molecule has 0 saturated heterocycles. The van der Waals surface area contributed by atoms with Crippen molar-refractivity contribution in [3.63, 3.8) is 0 Å². The normalized spacial score (nSPS) is 13.5. The Bertz CT molecular complexity index is 1030. The Balaban J connectivity index is 1.96. The van der Waals surface area contributed by atoms with Crippen LogP contribution in [0.4, 0.5) is 18.9 Å². The third-order valence-corrected chi connectivity index (χ3v) is 4.00. The van der Waals surface area contributed by atoms with E-state index in [-0.39, 0.29) is 22.9 Å². The summed E-state index contributed by atoms with van der Waals surface area (Å²) in [6.07, 6.45) is -5.09. The molecular weight excluding hydrogens is 437 g/mol. The van der Waals surface area contributed by atoms with Gasteiger partial charge in [-0.3, -0.25) is 19.9 Å². The fourth-order valence-electron chi connectivity index (χ4n) is 2.23. The zero-order valence-electron chi connectivity index (χ0n) is 15.1. The van der Waals surface area contributed by atoms with Crippen molar-refractivity contribution in [2.24, 2.45) is 5.10 Å². The Kier molecular flexibility index (Phi) is 5.66. The monoisotopic (exact) mass is 448 g/mol. The zero-order valence-corrected chi connectivity index (χ0v) is 15.8. The zero-order chi connectivity index (χ0) is 22.1. The summed E-state index contributed by atoms with van der Waals surface area (Å²) in [4.78, 5) is 24.9. The predicted octanol–water partition coefficient (Wildman–Crippen LogP) is 1.14. The number of halogens is 4. The van der Waals surface area contributed by atoms with Crippen molar-refractivity contribution in [1.29, 1.82) is 0 Å². The lowest BCUT2D eigenvalue weighted by Crippen LogP contribution is -2.45. The van der Waals surface area contributed by atoms with E-state index < -0.39 is 34.6 Å². The summed E-state index contributed by atoms with van der Waals surface area (Å²) in [5.41, 5.74) is 3.84. The SMILES string of the molecule is Cc1nonc1C(=O)Nc1c(OC(F)(F)F)ccc(C(=O)NC2=NNNN2C)c1Cl. The van der Waals surface area contributed by atoms with Crippen molar-refractivity contribution in [1.82, 2.24) is 31.7 Å². The number of hydrazone groups is 1. The molecular formula is C14H12ClF3N8O4.